The third-order valence-corrected chi connectivity index (χ3v) is 23.9. The van der Waals surface area contributed by atoms with Crippen LogP contribution in [0.2, 0.25) is 0 Å². The van der Waals surface area contributed by atoms with E-state index >= 15 is 0 Å². The number of piperidine rings is 3. The summed E-state index contributed by atoms with van der Waals surface area (Å²) in [7, 11) is -6.82. The van der Waals surface area contributed by atoms with Crippen molar-refractivity contribution in [1.29, 1.82) is 4.78 Å². The van der Waals surface area contributed by atoms with E-state index in [2.05, 4.69) is 40.3 Å². The zero-order chi connectivity index (χ0) is 84.1. The summed E-state index contributed by atoms with van der Waals surface area (Å²) >= 11 is 0. The molecule has 0 aliphatic carbocycles. The number of aliphatic hydroxyl groups is 3. The van der Waals surface area contributed by atoms with Gasteiger partial charge in [-0.15, -0.1) is 0 Å². The van der Waals surface area contributed by atoms with Crippen LogP contribution in [-0.4, -0.2) is 205 Å². The maximum Gasteiger partial charge on any atom is 0.264 e. The summed E-state index contributed by atoms with van der Waals surface area (Å²) in [6, 6.07) is 36.0. The summed E-state index contributed by atoms with van der Waals surface area (Å²) in [6.07, 6.45) is 14.3. The first-order valence-electron chi connectivity index (χ1n) is 36.5. The molecule has 6 N–H and O–H groups in total. The van der Waals surface area contributed by atoms with Crippen LogP contribution in [0.3, 0.4) is 0 Å². The average Bonchev–Trinajstić information content (AvgIpc) is 1.65. The van der Waals surface area contributed by atoms with Crippen LogP contribution >= 0.6 is 0 Å². The van der Waals surface area contributed by atoms with Gasteiger partial charge in [0.25, 0.3) is 40.3 Å². The Labute approximate surface area is 668 Å². The lowest BCUT2D eigenvalue weighted by molar-refractivity contribution is -0.116. The Morgan fingerprint density at radius 1 is 0.470 bits per heavy atom. The highest BCUT2D eigenvalue weighted by molar-refractivity contribution is 7.93. The number of halogens is 3. The molecule has 0 saturated carbocycles. The van der Waals surface area contributed by atoms with Crippen LogP contribution in [0.5, 0.6) is 0 Å². The molecular weight excluding hydrogens is 1580 g/mol. The zero-order valence-electron chi connectivity index (χ0n) is 63.9. The lowest BCUT2D eigenvalue weighted by atomic mass is 9.91. The molecule has 0 spiro atoms. The van der Waals surface area contributed by atoms with Crippen LogP contribution < -0.4 is 22.4 Å². The van der Waals surface area contributed by atoms with Gasteiger partial charge in [0.2, 0.25) is 5.91 Å². The van der Waals surface area contributed by atoms with Crippen molar-refractivity contribution in [2.24, 2.45) is 10.1 Å². The molecule has 610 valence electrons. The number of rotatable bonds is 15. The fourth-order valence-electron chi connectivity index (χ4n) is 13.6. The van der Waals surface area contributed by atoms with Crippen molar-refractivity contribution < 1.29 is 65.1 Å². The van der Waals surface area contributed by atoms with Gasteiger partial charge in [-0.3, -0.25) is 56.3 Å². The van der Waals surface area contributed by atoms with Gasteiger partial charge in [-0.1, -0.05) is 0 Å². The molecule has 3 fully saturated rings. The summed E-state index contributed by atoms with van der Waals surface area (Å²) in [6.45, 7) is 4.39. The van der Waals surface area contributed by atoms with E-state index in [0.717, 1.165) is 0 Å². The lowest BCUT2D eigenvalue weighted by Crippen LogP contribution is -2.49. The van der Waals surface area contributed by atoms with Crippen LogP contribution in [0.4, 0.5) is 13.2 Å². The third kappa shape index (κ3) is 19.6. The van der Waals surface area contributed by atoms with E-state index in [1.165, 1.54) is 164 Å². The number of aromatic nitrogens is 12. The summed E-state index contributed by atoms with van der Waals surface area (Å²) in [5, 5.41) is 47.3. The average molecular weight is 1660 g/mol. The molecule has 0 bridgehead atoms. The van der Waals surface area contributed by atoms with Gasteiger partial charge < -0.3 is 35.8 Å². The molecular formula is C79H81F3N18O14S3. The predicted octanol–water partition coefficient (Wildman–Crippen LogP) is 6.43. The van der Waals surface area contributed by atoms with E-state index in [1.807, 2.05) is 0 Å². The highest BCUT2D eigenvalue weighted by Gasteiger charge is 2.39. The van der Waals surface area contributed by atoms with Crippen LogP contribution in [0.15, 0.2) is 217 Å². The molecule has 0 radical (unpaired) electrons. The van der Waals surface area contributed by atoms with Crippen molar-refractivity contribution in [2.75, 3.05) is 58.0 Å². The van der Waals surface area contributed by atoms with E-state index in [-0.39, 0.29) is 122 Å². The van der Waals surface area contributed by atoms with Crippen molar-refractivity contribution in [1.82, 2.24) is 72.7 Å². The Morgan fingerprint density at radius 3 is 0.991 bits per heavy atom. The molecule has 117 heavy (non-hydrogen) atoms. The molecule has 6 aromatic carbocycles. The molecule has 5 amide bonds. The number of hydrogen-bond donors (Lipinski definition) is 5. The number of carbonyl (C=O) groups excluding carboxylic acids is 5. The highest BCUT2D eigenvalue weighted by Crippen LogP contribution is 2.30. The standard InChI is InChI=1S/C27H27FN6O5S.C25H25FN6O4S.C25H24FN5O4S.C2H5NO/c1-18(35)31-40(2,39)22-9-7-21(8-10-22)34-24-23(15-30-34)26(37)33(17-29-24)16-27(38)11-13-32(14-12-27)25(36)19-3-5-20(28)6-4-19;1-37(27,36)20-8-6-19(7-9-20)32-22-21(14-29-32)24(34)31(16-28-22)15-25(35)10-12-30(13-11-25)23(33)17-2-4-18(26)5-3-17;1-36(35)20-8-6-19(7-9-20)31-22-21(14-28-31)24(33)30(16-27-22)15-25(34)10-12-29(13-11-25)23(32)17-2-4-18(26)5-3-17;1-2(3)4/h3-10,15,17,38H,11-14,16H2,1-2H3;2-9,14,16,27,35H,10-13,15H2,1H3;2-9,14,16,34H,10-13,15H2,1H3;1H3,(H2,3,4). The van der Waals surface area contributed by atoms with Gasteiger partial charge in [-0.05, 0) is 184 Å². The van der Waals surface area contributed by atoms with Gasteiger partial charge in [0, 0.05) is 114 Å². The minimum absolute atomic E-state index is 0.00224. The number of carbonyl (C=O) groups is 5. The summed E-state index contributed by atoms with van der Waals surface area (Å²) in [5.41, 5.74) is 3.85. The second-order valence-electron chi connectivity index (χ2n) is 28.8. The molecule has 32 nitrogen and oxygen atoms in total. The van der Waals surface area contributed by atoms with E-state index in [1.54, 1.807) is 93.8 Å². The Kier molecular flexibility index (Phi) is 24.9. The Bertz CT molecular complexity index is 6220. The fourth-order valence-corrected chi connectivity index (χ4v) is 16.1. The fraction of sp³-hybridized carbons (Fsp3) is 0.291. The number of nitrogens with two attached hydrogens (primary N) is 1. The van der Waals surface area contributed by atoms with Crippen LogP contribution in [-0.2, 0) is 59.5 Å². The summed E-state index contributed by atoms with van der Waals surface area (Å²) in [5.74, 6) is -2.79. The van der Waals surface area contributed by atoms with Crippen molar-refractivity contribution in [3.63, 3.8) is 0 Å². The largest absolute Gasteiger partial charge is 0.388 e. The van der Waals surface area contributed by atoms with E-state index < -0.39 is 70.4 Å². The van der Waals surface area contributed by atoms with Crippen molar-refractivity contribution >= 4 is 92.9 Å². The van der Waals surface area contributed by atoms with Gasteiger partial charge in [0.15, 0.2) is 16.9 Å². The van der Waals surface area contributed by atoms with Crippen LogP contribution in [0.1, 0.15) is 83.4 Å². The predicted molar refractivity (Wildman–Crippen MR) is 427 cm³/mol. The topological polar surface area (TPSA) is 427 Å². The number of amides is 5. The van der Waals surface area contributed by atoms with Crippen LogP contribution in [0, 0.1) is 22.2 Å². The molecule has 3 atom stereocenters. The van der Waals surface area contributed by atoms with Crippen molar-refractivity contribution in [2.45, 2.75) is 103 Å². The Balaban J connectivity index is 0.000000158. The Morgan fingerprint density at radius 2 is 0.735 bits per heavy atom. The number of benzene rings is 6. The monoisotopic (exact) mass is 1660 g/mol. The van der Waals surface area contributed by atoms with Crippen molar-refractivity contribution in [3.05, 3.63) is 248 Å². The number of primary amides is 1. The molecule has 15 rings (SSSR count). The number of likely N-dealkylation sites (tertiary alicyclic amines) is 3. The first-order valence-corrected chi connectivity index (χ1v) is 41.9. The Hall–Kier alpha value is -12.4. The van der Waals surface area contributed by atoms with Gasteiger partial charge >= 0.3 is 0 Å². The number of nitrogens with one attached hydrogen (secondary N) is 1. The first-order chi connectivity index (χ1) is 55.5. The van der Waals surface area contributed by atoms with Gasteiger partial charge in [-0.25, -0.2) is 55.4 Å². The SMILES string of the molecule is CC(=O)N=S(C)(=O)c1ccc(-n2ncc3c(=O)n(CC4(O)CCN(C(=O)c5ccc(F)cc5)CC4)cnc32)cc1.CC(N)=O.CS(=N)(=O)c1ccc(-n2ncc3c(=O)n(CC4(O)CCN(C(=O)c5ccc(F)cc5)CC4)cnc32)cc1.CS(=O)c1ccc(-n2ncc3c(=O)n(CC4(O)CCN(C(=O)c5ccc(F)cc5)CC4)cnc32)cc1. The maximum atomic E-state index is 13.2. The molecule has 3 aliphatic rings. The summed E-state index contributed by atoms with van der Waals surface area (Å²) < 4.78 is 95.7. The van der Waals surface area contributed by atoms with Gasteiger partial charge in [0.05, 0.1) is 91.5 Å². The number of fused-ring (bicyclic) bond motifs is 3. The molecule has 3 aliphatic heterocycles. The van der Waals surface area contributed by atoms with Crippen molar-refractivity contribution in [3.8, 4) is 17.1 Å². The minimum Gasteiger partial charge on any atom is -0.388 e. The highest BCUT2D eigenvalue weighted by atomic mass is 32.2. The van der Waals surface area contributed by atoms with E-state index in [0.29, 0.717) is 96.9 Å². The normalized spacial score (nSPS) is 16.2. The number of nitrogens with zero attached hydrogens (tertiary/aromatic N) is 16. The molecule has 12 aromatic rings. The first kappa shape index (κ1) is 84.0. The minimum atomic E-state index is -2.88. The lowest BCUT2D eigenvalue weighted by Gasteiger charge is -2.38. The zero-order valence-corrected chi connectivity index (χ0v) is 66.3. The van der Waals surface area contributed by atoms with Gasteiger partial charge in [-0.2, -0.15) is 19.7 Å². The quantitative estimate of drug-likeness (QED) is 0.0737. The van der Waals surface area contributed by atoms with E-state index in [4.69, 9.17) is 4.78 Å². The second kappa shape index (κ2) is 34.6. The smallest absolute Gasteiger partial charge is 0.264 e. The molecule has 6 aromatic heterocycles. The third-order valence-electron chi connectivity index (χ3n) is 20.0. The second-order valence-corrected chi connectivity index (χ2v) is 34.6. The van der Waals surface area contributed by atoms with E-state index in [9.17, 15) is 79.5 Å². The molecule has 9 heterocycles. The maximum absolute atomic E-state index is 13.2. The summed E-state index contributed by atoms with van der Waals surface area (Å²) in [4.78, 5) is 118. The molecule has 3 saturated heterocycles. The molecule has 3 unspecified atom stereocenters. The molecule has 38 heteroatoms. The van der Waals surface area contributed by atoms with Gasteiger partial charge in [0.1, 0.15) is 52.6 Å². The van der Waals surface area contributed by atoms with Crippen LogP contribution in [0.25, 0.3) is 50.2 Å². The number of hydrogen-bond acceptors (Lipinski definition) is 21.